The number of ether oxygens (including phenoxy) is 2. The predicted molar refractivity (Wildman–Crippen MR) is 73.0 cm³/mol. The fourth-order valence-corrected chi connectivity index (χ4v) is 4.34. The summed E-state index contributed by atoms with van der Waals surface area (Å²) in [5, 5.41) is 12.0. The van der Waals surface area contributed by atoms with E-state index in [0.717, 1.165) is 18.8 Å². The Hall–Kier alpha value is -0.650. The first kappa shape index (κ1) is 15.7. The van der Waals surface area contributed by atoms with Crippen molar-refractivity contribution in [2.75, 3.05) is 0 Å². The molecular formula is C15H26O5. The summed E-state index contributed by atoms with van der Waals surface area (Å²) in [6, 6.07) is 0. The summed E-state index contributed by atoms with van der Waals surface area (Å²) in [4.78, 5) is 11.9. The van der Waals surface area contributed by atoms with Gasteiger partial charge in [-0.3, -0.25) is 15.3 Å². The Labute approximate surface area is 120 Å². The van der Waals surface area contributed by atoms with E-state index in [0.29, 0.717) is 17.8 Å². The van der Waals surface area contributed by atoms with Gasteiger partial charge in [0.15, 0.2) is 0 Å². The fourth-order valence-electron chi connectivity index (χ4n) is 4.34. The topological polar surface area (TPSA) is 76.0 Å². The van der Waals surface area contributed by atoms with E-state index in [4.69, 9.17) is 20.0 Å². The first-order valence-corrected chi connectivity index (χ1v) is 7.64. The number of carbonyl (C=O) groups is 1. The van der Waals surface area contributed by atoms with Gasteiger partial charge >= 0.3 is 5.97 Å². The monoisotopic (exact) mass is 286 g/mol. The van der Waals surface area contributed by atoms with Gasteiger partial charge < -0.3 is 9.47 Å². The van der Waals surface area contributed by atoms with Crippen LogP contribution in [0.5, 0.6) is 0 Å². The van der Waals surface area contributed by atoms with E-state index in [2.05, 4.69) is 13.8 Å². The molecule has 116 valence electrons. The van der Waals surface area contributed by atoms with E-state index in [1.165, 1.54) is 12.8 Å². The van der Waals surface area contributed by atoms with Gasteiger partial charge in [-0.2, -0.15) is 0 Å². The number of hydrogen-bond acceptors (Lipinski definition) is 5. The van der Waals surface area contributed by atoms with Crippen molar-refractivity contribution in [1.82, 2.24) is 0 Å². The lowest BCUT2D eigenvalue weighted by Gasteiger charge is -2.48. The average Bonchev–Trinajstić information content (AvgIpc) is 2.60. The highest BCUT2D eigenvalue weighted by atomic mass is 17.0. The molecule has 0 radical (unpaired) electrons. The van der Waals surface area contributed by atoms with Crippen LogP contribution in [-0.2, 0) is 14.3 Å². The molecular weight excluding hydrogens is 260 g/mol. The number of esters is 1. The fraction of sp³-hybridized carbons (Fsp3) is 0.933. The maximum absolute atomic E-state index is 11.9. The zero-order chi connectivity index (χ0) is 14.9. The smallest absolute Gasteiger partial charge is 0.311 e. The third-order valence-electron chi connectivity index (χ3n) is 5.51. The number of hydrogen-bond donors (Lipinski definition) is 2. The Morgan fingerprint density at radius 3 is 2.35 bits per heavy atom. The molecule has 5 nitrogen and oxygen atoms in total. The van der Waals surface area contributed by atoms with Crippen LogP contribution in [0.4, 0.5) is 0 Å². The maximum atomic E-state index is 11.9. The lowest BCUT2D eigenvalue weighted by molar-refractivity contribution is -0.240. The molecule has 5 unspecified atom stereocenters. The largest absolute Gasteiger partial charge is 0.435 e. The molecule has 2 N–H and O–H groups in total. The van der Waals surface area contributed by atoms with Crippen molar-refractivity contribution < 1.29 is 24.8 Å². The number of rotatable bonds is 0. The Balaban J connectivity index is 0.000000704. The van der Waals surface area contributed by atoms with Crippen molar-refractivity contribution >= 4 is 5.97 Å². The first-order valence-electron chi connectivity index (χ1n) is 7.64. The van der Waals surface area contributed by atoms with Crippen LogP contribution in [0.2, 0.25) is 0 Å². The molecule has 2 saturated heterocycles. The first-order chi connectivity index (χ1) is 9.58. The Morgan fingerprint density at radius 2 is 1.65 bits per heavy atom. The normalized spacial score (nSPS) is 47.2. The van der Waals surface area contributed by atoms with Gasteiger partial charge in [0.25, 0.3) is 0 Å². The van der Waals surface area contributed by atoms with Crippen molar-refractivity contribution in [2.24, 2.45) is 29.6 Å². The summed E-state index contributed by atoms with van der Waals surface area (Å²) in [6.07, 6.45) is 4.68. The highest BCUT2D eigenvalue weighted by molar-refractivity contribution is 5.73. The van der Waals surface area contributed by atoms with Crippen molar-refractivity contribution in [3.63, 3.8) is 0 Å². The molecule has 3 fully saturated rings. The minimum atomic E-state index is -0.274. The summed E-state index contributed by atoms with van der Waals surface area (Å²) in [7, 11) is 0. The van der Waals surface area contributed by atoms with E-state index < -0.39 is 0 Å². The molecule has 3 aliphatic rings. The second-order valence-corrected chi connectivity index (χ2v) is 6.58. The van der Waals surface area contributed by atoms with Crippen LogP contribution in [0, 0.1) is 29.6 Å². The molecule has 0 aromatic heterocycles. The third kappa shape index (κ3) is 2.71. The Kier molecular flexibility index (Phi) is 5.04. The minimum Gasteiger partial charge on any atom is -0.435 e. The summed E-state index contributed by atoms with van der Waals surface area (Å²) in [5.41, 5.74) is 0. The van der Waals surface area contributed by atoms with E-state index in [9.17, 15) is 4.79 Å². The zero-order valence-electron chi connectivity index (χ0n) is 12.5. The van der Waals surface area contributed by atoms with Gasteiger partial charge in [0.1, 0.15) is 0 Å². The van der Waals surface area contributed by atoms with E-state index in [-0.39, 0.29) is 24.3 Å². The van der Waals surface area contributed by atoms with Gasteiger partial charge in [-0.05, 0) is 43.9 Å². The molecule has 20 heavy (non-hydrogen) atoms. The van der Waals surface area contributed by atoms with Crippen molar-refractivity contribution in [2.45, 2.75) is 58.8 Å². The van der Waals surface area contributed by atoms with E-state index in [1.54, 1.807) is 0 Å². The second kappa shape index (κ2) is 6.41. The van der Waals surface area contributed by atoms with E-state index >= 15 is 0 Å². The third-order valence-corrected chi connectivity index (χ3v) is 5.51. The van der Waals surface area contributed by atoms with Gasteiger partial charge in [-0.15, -0.1) is 0 Å². The van der Waals surface area contributed by atoms with Crippen LogP contribution < -0.4 is 0 Å². The molecule has 7 atom stereocenters. The highest BCUT2D eigenvalue weighted by Gasteiger charge is 2.52. The average molecular weight is 286 g/mol. The molecule has 0 bridgehead atoms. The van der Waals surface area contributed by atoms with Gasteiger partial charge in [-0.25, -0.2) is 0 Å². The Morgan fingerprint density at radius 1 is 1.00 bits per heavy atom. The van der Waals surface area contributed by atoms with Gasteiger partial charge in [0, 0.05) is 5.92 Å². The summed E-state index contributed by atoms with van der Waals surface area (Å²) >= 11 is 0. The lowest BCUT2D eigenvalue weighted by Crippen LogP contribution is -2.51. The molecule has 1 saturated carbocycles. The van der Waals surface area contributed by atoms with Gasteiger partial charge in [0.05, 0.1) is 12.0 Å². The van der Waals surface area contributed by atoms with Gasteiger partial charge in [0.2, 0.25) is 6.29 Å². The summed E-state index contributed by atoms with van der Waals surface area (Å²) in [6.45, 7) is 6.49. The van der Waals surface area contributed by atoms with Crippen LogP contribution in [0.3, 0.4) is 0 Å². The van der Waals surface area contributed by atoms with Crippen LogP contribution in [-0.4, -0.2) is 28.9 Å². The van der Waals surface area contributed by atoms with Gasteiger partial charge in [-0.1, -0.05) is 20.3 Å². The number of carbonyl (C=O) groups excluding carboxylic acids is 1. The molecule has 0 spiro atoms. The molecule has 5 heteroatoms. The molecule has 2 heterocycles. The lowest BCUT2D eigenvalue weighted by atomic mass is 9.61. The minimum absolute atomic E-state index is 0.0522. The molecule has 3 rings (SSSR count). The Bertz CT molecular complexity index is 345. The molecule has 0 aromatic carbocycles. The van der Waals surface area contributed by atoms with Crippen molar-refractivity contribution in [3.8, 4) is 0 Å². The predicted octanol–water partition coefficient (Wildman–Crippen LogP) is 3.00. The zero-order valence-corrected chi connectivity index (χ0v) is 12.5. The summed E-state index contributed by atoms with van der Waals surface area (Å²) < 4.78 is 11.6. The maximum Gasteiger partial charge on any atom is 0.311 e. The van der Waals surface area contributed by atoms with Crippen LogP contribution in [0.25, 0.3) is 0 Å². The highest BCUT2D eigenvalue weighted by Crippen LogP contribution is 2.50. The SMILES string of the molecule is CC1CCC2C(C)CC[C@@H]3C2C(OC(=O)[C@@H]3C)O1.OO. The molecule has 2 aliphatic heterocycles. The van der Waals surface area contributed by atoms with Crippen LogP contribution >= 0.6 is 0 Å². The van der Waals surface area contributed by atoms with Crippen molar-refractivity contribution in [1.29, 1.82) is 0 Å². The van der Waals surface area contributed by atoms with E-state index in [1.807, 2.05) is 6.92 Å². The molecule has 0 aromatic rings. The van der Waals surface area contributed by atoms with Crippen LogP contribution in [0.1, 0.15) is 46.5 Å². The summed E-state index contributed by atoms with van der Waals surface area (Å²) in [5.74, 6) is 2.33. The van der Waals surface area contributed by atoms with Crippen LogP contribution in [0.15, 0.2) is 0 Å². The van der Waals surface area contributed by atoms with Crippen molar-refractivity contribution in [3.05, 3.63) is 0 Å². The molecule has 1 aliphatic carbocycles. The molecule has 0 amide bonds. The second-order valence-electron chi connectivity index (χ2n) is 6.58. The quantitative estimate of drug-likeness (QED) is 0.407. The standard InChI is InChI=1S/C15H24O3.H2O2/c1-8-4-6-12-10(3)14(16)18-15-13(12)11(8)7-5-9(2)17-15;1-2/h8-13,15H,4-7H2,1-3H3;1-2H/t8?,9?,10-,11?,12+,13?,15?;/m1./s1.